The van der Waals surface area contributed by atoms with Crippen molar-refractivity contribution < 1.29 is 23.8 Å². The molecule has 0 aliphatic carbocycles. The van der Waals surface area contributed by atoms with Gasteiger partial charge in [0.15, 0.2) is 0 Å². The first-order chi connectivity index (χ1) is 13.9. The molecule has 2 fully saturated rings. The maximum absolute atomic E-state index is 13.1. The van der Waals surface area contributed by atoms with Gasteiger partial charge in [0.05, 0.1) is 18.1 Å². The lowest BCUT2D eigenvalue weighted by Gasteiger charge is -2.36. The summed E-state index contributed by atoms with van der Waals surface area (Å²) < 4.78 is 16.5. The van der Waals surface area contributed by atoms with Gasteiger partial charge in [0.1, 0.15) is 24.2 Å². The Morgan fingerprint density at radius 3 is 2.55 bits per heavy atom. The number of methoxy groups -OCH3 is 1. The number of halogens is 2. The Kier molecular flexibility index (Phi) is 10.4. The average Bonchev–Trinajstić information content (AvgIpc) is 2.99. The fourth-order valence-electron chi connectivity index (χ4n) is 4.16. The van der Waals surface area contributed by atoms with Gasteiger partial charge in [-0.25, -0.2) is 0 Å². The topological polar surface area (TPSA) is 94.3 Å². The SMILES string of the molecule is COc1ccc(C(=O)N2CCC3(CC2)CC(CN(C)C)OC3=O)c(OCCN)c1.Cl.Cl. The number of esters is 1. The normalized spacial score (nSPS) is 19.5. The first kappa shape index (κ1) is 27.3. The smallest absolute Gasteiger partial charge is 0.312 e. The summed E-state index contributed by atoms with van der Waals surface area (Å²) in [6.45, 7) is 2.43. The fraction of sp³-hybridized carbons (Fsp3) is 0.619. The first-order valence-corrected chi connectivity index (χ1v) is 10.0. The Bertz CT molecular complexity index is 755. The molecule has 10 heteroatoms. The predicted octanol–water partition coefficient (Wildman–Crippen LogP) is 1.98. The number of carbonyl (C=O) groups excluding carboxylic acids is 2. The van der Waals surface area contributed by atoms with Crippen molar-refractivity contribution in [2.45, 2.75) is 25.4 Å². The number of rotatable bonds is 7. The summed E-state index contributed by atoms with van der Waals surface area (Å²) in [5, 5.41) is 0. The van der Waals surface area contributed by atoms with E-state index in [1.165, 1.54) is 0 Å². The van der Waals surface area contributed by atoms with Crippen molar-refractivity contribution in [3.8, 4) is 11.5 Å². The average molecular weight is 478 g/mol. The molecule has 1 atom stereocenters. The van der Waals surface area contributed by atoms with E-state index in [9.17, 15) is 9.59 Å². The second-order valence-corrected chi connectivity index (χ2v) is 8.07. The van der Waals surface area contributed by atoms with E-state index in [0.717, 1.165) is 13.0 Å². The number of carbonyl (C=O) groups is 2. The number of ether oxygens (including phenoxy) is 3. The van der Waals surface area contributed by atoms with Gasteiger partial charge in [-0.15, -0.1) is 24.8 Å². The third-order valence-corrected chi connectivity index (χ3v) is 5.70. The molecule has 176 valence electrons. The summed E-state index contributed by atoms with van der Waals surface area (Å²) in [7, 11) is 5.51. The van der Waals surface area contributed by atoms with E-state index in [0.29, 0.717) is 56.1 Å². The highest BCUT2D eigenvalue weighted by Gasteiger charge is 2.50. The molecule has 0 radical (unpaired) electrons. The maximum Gasteiger partial charge on any atom is 0.312 e. The fourth-order valence-corrected chi connectivity index (χ4v) is 4.16. The number of hydrogen-bond acceptors (Lipinski definition) is 7. The minimum atomic E-state index is -0.462. The van der Waals surface area contributed by atoms with E-state index in [1.807, 2.05) is 19.0 Å². The highest BCUT2D eigenvalue weighted by atomic mass is 35.5. The van der Waals surface area contributed by atoms with E-state index in [2.05, 4.69) is 0 Å². The van der Waals surface area contributed by atoms with Gasteiger partial charge in [-0.1, -0.05) is 0 Å². The lowest BCUT2D eigenvalue weighted by molar-refractivity contribution is -0.150. The number of amides is 1. The molecule has 0 bridgehead atoms. The van der Waals surface area contributed by atoms with Crippen molar-refractivity contribution >= 4 is 36.7 Å². The molecule has 2 aliphatic heterocycles. The van der Waals surface area contributed by atoms with Crippen LogP contribution in [-0.4, -0.2) is 81.8 Å². The summed E-state index contributed by atoms with van der Waals surface area (Å²) in [5.74, 6) is 0.858. The Morgan fingerprint density at radius 2 is 1.97 bits per heavy atom. The van der Waals surface area contributed by atoms with Crippen LogP contribution >= 0.6 is 24.8 Å². The molecule has 31 heavy (non-hydrogen) atoms. The number of cyclic esters (lactones) is 1. The number of benzene rings is 1. The molecule has 1 aromatic carbocycles. The van der Waals surface area contributed by atoms with Crippen LogP contribution in [0.2, 0.25) is 0 Å². The molecule has 2 aliphatic rings. The Balaban J connectivity index is 0.00000240. The van der Waals surface area contributed by atoms with Crippen LogP contribution in [0.4, 0.5) is 0 Å². The summed E-state index contributed by atoms with van der Waals surface area (Å²) in [6.07, 6.45) is 1.89. The van der Waals surface area contributed by atoms with Crippen molar-refractivity contribution in [3.05, 3.63) is 23.8 Å². The zero-order valence-corrected chi connectivity index (χ0v) is 19.9. The number of hydrogen-bond donors (Lipinski definition) is 1. The largest absolute Gasteiger partial charge is 0.497 e. The quantitative estimate of drug-likeness (QED) is 0.599. The van der Waals surface area contributed by atoms with Crippen molar-refractivity contribution in [2.75, 3.05) is 54.0 Å². The van der Waals surface area contributed by atoms with E-state index < -0.39 is 5.41 Å². The van der Waals surface area contributed by atoms with Crippen LogP contribution in [0.1, 0.15) is 29.6 Å². The van der Waals surface area contributed by atoms with Crippen molar-refractivity contribution in [1.29, 1.82) is 0 Å². The van der Waals surface area contributed by atoms with Crippen LogP contribution in [-0.2, 0) is 9.53 Å². The molecule has 0 aromatic heterocycles. The lowest BCUT2D eigenvalue weighted by Crippen LogP contribution is -2.45. The van der Waals surface area contributed by atoms with Crippen molar-refractivity contribution in [3.63, 3.8) is 0 Å². The Morgan fingerprint density at radius 1 is 1.29 bits per heavy atom. The van der Waals surface area contributed by atoms with E-state index in [4.69, 9.17) is 19.9 Å². The molecule has 2 N–H and O–H groups in total. The molecule has 2 saturated heterocycles. The highest BCUT2D eigenvalue weighted by Crippen LogP contribution is 2.43. The highest BCUT2D eigenvalue weighted by molar-refractivity contribution is 5.97. The third-order valence-electron chi connectivity index (χ3n) is 5.70. The molecule has 2 heterocycles. The molecule has 8 nitrogen and oxygen atoms in total. The van der Waals surface area contributed by atoms with Gasteiger partial charge in [0.25, 0.3) is 5.91 Å². The van der Waals surface area contributed by atoms with E-state index in [-0.39, 0.29) is 42.8 Å². The van der Waals surface area contributed by atoms with Gasteiger partial charge in [-0.3, -0.25) is 9.59 Å². The standard InChI is InChI=1S/C21H31N3O5.2ClH/c1-23(2)14-16-13-21(20(26)29-16)6-9-24(10-7-21)19(25)17-5-4-15(27-3)12-18(17)28-11-8-22;;/h4-5,12,16H,6-11,13-14,22H2,1-3H3;2*1H. The molecular weight excluding hydrogens is 445 g/mol. The van der Waals surface area contributed by atoms with Gasteiger partial charge in [-0.2, -0.15) is 0 Å². The third kappa shape index (κ3) is 6.16. The van der Waals surface area contributed by atoms with Gasteiger partial charge < -0.3 is 29.7 Å². The lowest BCUT2D eigenvalue weighted by atomic mass is 9.76. The van der Waals surface area contributed by atoms with E-state index >= 15 is 0 Å². The Hall–Kier alpha value is -1.74. The zero-order chi connectivity index (χ0) is 21.0. The molecule has 1 unspecified atom stereocenters. The number of nitrogens with zero attached hydrogens (tertiary/aromatic N) is 2. The van der Waals surface area contributed by atoms with Crippen LogP contribution < -0.4 is 15.2 Å². The minimum Gasteiger partial charge on any atom is -0.497 e. The van der Waals surface area contributed by atoms with Crippen molar-refractivity contribution in [2.24, 2.45) is 11.1 Å². The summed E-state index contributed by atoms with van der Waals surface area (Å²) in [6, 6.07) is 5.16. The summed E-state index contributed by atoms with van der Waals surface area (Å²) in [5.41, 5.74) is 5.56. The summed E-state index contributed by atoms with van der Waals surface area (Å²) >= 11 is 0. The molecule has 3 rings (SSSR count). The predicted molar refractivity (Wildman–Crippen MR) is 123 cm³/mol. The molecular formula is C21H33Cl2N3O5. The first-order valence-electron chi connectivity index (χ1n) is 10.0. The molecule has 1 amide bonds. The van der Waals surface area contributed by atoms with Crippen LogP contribution in [0.15, 0.2) is 18.2 Å². The van der Waals surface area contributed by atoms with E-state index in [1.54, 1.807) is 30.2 Å². The van der Waals surface area contributed by atoms with Gasteiger partial charge in [0, 0.05) is 38.7 Å². The monoisotopic (exact) mass is 477 g/mol. The summed E-state index contributed by atoms with van der Waals surface area (Å²) in [4.78, 5) is 29.5. The van der Waals surface area contributed by atoms with Gasteiger partial charge >= 0.3 is 5.97 Å². The number of nitrogens with two attached hydrogens (primary N) is 1. The number of likely N-dealkylation sites (N-methyl/N-ethyl adjacent to an activating group) is 1. The second kappa shape index (κ2) is 11.8. The minimum absolute atomic E-state index is 0. The molecule has 1 spiro atoms. The number of piperidine rings is 1. The van der Waals surface area contributed by atoms with Crippen LogP contribution in [0.3, 0.4) is 0 Å². The van der Waals surface area contributed by atoms with Crippen molar-refractivity contribution in [1.82, 2.24) is 9.80 Å². The zero-order valence-electron chi connectivity index (χ0n) is 18.3. The number of likely N-dealkylation sites (tertiary alicyclic amines) is 1. The van der Waals surface area contributed by atoms with Gasteiger partial charge in [0.2, 0.25) is 0 Å². The van der Waals surface area contributed by atoms with Crippen LogP contribution in [0.5, 0.6) is 11.5 Å². The second-order valence-electron chi connectivity index (χ2n) is 8.07. The van der Waals surface area contributed by atoms with Crippen LogP contribution in [0, 0.1) is 5.41 Å². The van der Waals surface area contributed by atoms with Gasteiger partial charge in [-0.05, 0) is 39.1 Å². The Labute approximate surface area is 196 Å². The molecule has 1 aromatic rings. The maximum atomic E-state index is 13.1. The molecule has 0 saturated carbocycles. The van der Waals surface area contributed by atoms with Crippen LogP contribution in [0.25, 0.3) is 0 Å².